The maximum Gasteiger partial charge on any atom is 0.134 e. The van der Waals surface area contributed by atoms with Crippen LogP contribution in [0.25, 0.3) is 11.3 Å². The molecule has 144 valence electrons. The molecule has 2 heterocycles. The molecule has 1 N–H and O–H groups in total. The van der Waals surface area contributed by atoms with Crippen LogP contribution in [0.15, 0.2) is 60.7 Å². The van der Waals surface area contributed by atoms with Crippen molar-refractivity contribution < 1.29 is 0 Å². The molecule has 1 aromatic heterocycles. The zero-order valence-electron chi connectivity index (χ0n) is 16.7. The van der Waals surface area contributed by atoms with Gasteiger partial charge in [0.05, 0.1) is 5.69 Å². The van der Waals surface area contributed by atoms with Crippen LogP contribution in [0.3, 0.4) is 0 Å². The van der Waals surface area contributed by atoms with Crippen LogP contribution in [-0.2, 0) is 6.54 Å². The summed E-state index contributed by atoms with van der Waals surface area (Å²) >= 11 is 0. The van der Waals surface area contributed by atoms with E-state index < -0.39 is 0 Å². The first-order valence-electron chi connectivity index (χ1n) is 10.1. The molecule has 0 unspecified atom stereocenters. The van der Waals surface area contributed by atoms with Crippen molar-refractivity contribution in [1.82, 2.24) is 14.9 Å². The van der Waals surface area contributed by atoms with Gasteiger partial charge < -0.3 is 5.32 Å². The van der Waals surface area contributed by atoms with Gasteiger partial charge in [-0.3, -0.25) is 4.90 Å². The van der Waals surface area contributed by atoms with Crippen LogP contribution in [0.5, 0.6) is 0 Å². The molecule has 28 heavy (non-hydrogen) atoms. The Hall–Kier alpha value is -2.72. The largest absolute Gasteiger partial charge is 0.340 e. The number of nitrogens with one attached hydrogen (secondary N) is 1. The van der Waals surface area contributed by atoms with Crippen molar-refractivity contribution in [1.29, 1.82) is 0 Å². The summed E-state index contributed by atoms with van der Waals surface area (Å²) in [5.41, 5.74) is 4.45. The minimum absolute atomic E-state index is 0.764. The summed E-state index contributed by atoms with van der Waals surface area (Å²) in [6.07, 6.45) is 2.63. The maximum atomic E-state index is 4.57. The fourth-order valence-corrected chi connectivity index (χ4v) is 3.71. The summed E-state index contributed by atoms with van der Waals surface area (Å²) in [5, 5.41) is 3.43. The zero-order valence-corrected chi connectivity index (χ0v) is 16.7. The molecule has 4 nitrogen and oxygen atoms in total. The van der Waals surface area contributed by atoms with E-state index in [2.05, 4.69) is 63.5 Å². The lowest BCUT2D eigenvalue weighted by molar-refractivity contribution is 0.185. The quantitative estimate of drug-likeness (QED) is 0.648. The van der Waals surface area contributed by atoms with Gasteiger partial charge in [0, 0.05) is 23.9 Å². The Kier molecular flexibility index (Phi) is 5.68. The number of aromatic nitrogens is 2. The molecule has 0 atom stereocenters. The minimum Gasteiger partial charge on any atom is -0.340 e. The Balaban J connectivity index is 1.44. The number of anilines is 2. The standard InChI is InChI=1S/C24H28N4/c1-18-12-14-28(15-13-18)17-20-8-10-22(11-9-20)27-24-16-23(25-19(2)26-24)21-6-4-3-5-7-21/h3-11,16,18H,12-15,17H2,1-2H3,(H,25,26,27). The van der Waals surface area contributed by atoms with E-state index in [1.165, 1.54) is 31.5 Å². The van der Waals surface area contributed by atoms with Crippen molar-refractivity contribution in [3.05, 3.63) is 72.1 Å². The zero-order chi connectivity index (χ0) is 19.3. The summed E-state index contributed by atoms with van der Waals surface area (Å²) in [7, 11) is 0. The van der Waals surface area contributed by atoms with Crippen molar-refractivity contribution in [2.24, 2.45) is 5.92 Å². The number of benzene rings is 2. The van der Waals surface area contributed by atoms with Crippen LogP contribution in [0.2, 0.25) is 0 Å². The number of aryl methyl sites for hydroxylation is 1. The molecule has 0 aliphatic carbocycles. The predicted octanol–water partition coefficient (Wildman–Crippen LogP) is 5.43. The van der Waals surface area contributed by atoms with Crippen molar-refractivity contribution in [2.75, 3.05) is 18.4 Å². The first-order valence-corrected chi connectivity index (χ1v) is 10.1. The van der Waals surface area contributed by atoms with Gasteiger partial charge >= 0.3 is 0 Å². The monoisotopic (exact) mass is 372 g/mol. The van der Waals surface area contributed by atoms with E-state index in [0.717, 1.165) is 41.0 Å². The van der Waals surface area contributed by atoms with E-state index in [9.17, 15) is 0 Å². The van der Waals surface area contributed by atoms with Gasteiger partial charge in [-0.2, -0.15) is 0 Å². The number of rotatable bonds is 5. The molecule has 1 aliphatic heterocycles. The third-order valence-electron chi connectivity index (χ3n) is 5.42. The predicted molar refractivity (Wildman–Crippen MR) is 116 cm³/mol. The average Bonchev–Trinajstić information content (AvgIpc) is 2.71. The summed E-state index contributed by atoms with van der Waals surface area (Å²) in [5.74, 6) is 2.46. The topological polar surface area (TPSA) is 41.1 Å². The fraction of sp³-hybridized carbons (Fsp3) is 0.333. The van der Waals surface area contributed by atoms with Crippen LogP contribution in [-0.4, -0.2) is 28.0 Å². The molecule has 4 rings (SSSR count). The van der Waals surface area contributed by atoms with Gasteiger partial charge in [0.2, 0.25) is 0 Å². The van der Waals surface area contributed by atoms with Crippen molar-refractivity contribution in [3.8, 4) is 11.3 Å². The van der Waals surface area contributed by atoms with Gasteiger partial charge in [0.1, 0.15) is 11.6 Å². The normalized spacial score (nSPS) is 15.5. The molecular weight excluding hydrogens is 344 g/mol. The van der Waals surface area contributed by atoms with Gasteiger partial charge in [-0.1, -0.05) is 49.4 Å². The molecule has 0 bridgehead atoms. The molecule has 0 amide bonds. The second-order valence-electron chi connectivity index (χ2n) is 7.83. The summed E-state index contributed by atoms with van der Waals surface area (Å²) in [6, 6.07) is 20.9. The Morgan fingerprint density at radius 1 is 0.964 bits per heavy atom. The maximum absolute atomic E-state index is 4.57. The Labute approximate surface area is 167 Å². The molecular formula is C24H28N4. The van der Waals surface area contributed by atoms with E-state index in [1.54, 1.807) is 0 Å². The molecule has 1 aliphatic rings. The fourth-order valence-electron chi connectivity index (χ4n) is 3.71. The number of likely N-dealkylation sites (tertiary alicyclic amines) is 1. The molecule has 0 saturated carbocycles. The van der Waals surface area contributed by atoms with Crippen LogP contribution in [0.1, 0.15) is 31.2 Å². The molecule has 1 saturated heterocycles. The van der Waals surface area contributed by atoms with Crippen LogP contribution in [0.4, 0.5) is 11.5 Å². The lowest BCUT2D eigenvalue weighted by Gasteiger charge is -2.30. The van der Waals surface area contributed by atoms with Crippen molar-refractivity contribution in [2.45, 2.75) is 33.2 Å². The third-order valence-corrected chi connectivity index (χ3v) is 5.42. The average molecular weight is 373 g/mol. The summed E-state index contributed by atoms with van der Waals surface area (Å²) in [6.45, 7) is 7.75. The van der Waals surface area contributed by atoms with Gasteiger partial charge in [-0.25, -0.2) is 9.97 Å². The molecule has 2 aromatic carbocycles. The molecule has 3 aromatic rings. The Bertz CT molecular complexity index is 898. The molecule has 0 spiro atoms. The second kappa shape index (κ2) is 8.53. The van der Waals surface area contributed by atoms with E-state index in [-0.39, 0.29) is 0 Å². The van der Waals surface area contributed by atoms with Crippen LogP contribution in [0, 0.1) is 12.8 Å². The van der Waals surface area contributed by atoms with Gasteiger partial charge in [0.25, 0.3) is 0 Å². The Morgan fingerprint density at radius 3 is 2.39 bits per heavy atom. The van der Waals surface area contributed by atoms with E-state index in [4.69, 9.17) is 0 Å². The lowest BCUT2D eigenvalue weighted by Crippen LogP contribution is -2.32. The van der Waals surface area contributed by atoms with Crippen LogP contribution >= 0.6 is 0 Å². The number of hydrogen-bond donors (Lipinski definition) is 1. The number of nitrogens with zero attached hydrogens (tertiary/aromatic N) is 3. The second-order valence-corrected chi connectivity index (χ2v) is 7.83. The smallest absolute Gasteiger partial charge is 0.134 e. The lowest BCUT2D eigenvalue weighted by atomic mass is 9.99. The van der Waals surface area contributed by atoms with E-state index in [0.29, 0.717) is 0 Å². The van der Waals surface area contributed by atoms with Gasteiger partial charge in [-0.05, 0) is 56.5 Å². The highest BCUT2D eigenvalue weighted by Crippen LogP contribution is 2.23. The summed E-state index contributed by atoms with van der Waals surface area (Å²) < 4.78 is 0. The van der Waals surface area contributed by atoms with Gasteiger partial charge in [-0.15, -0.1) is 0 Å². The highest BCUT2D eigenvalue weighted by molar-refractivity contribution is 5.65. The Morgan fingerprint density at radius 2 is 1.68 bits per heavy atom. The highest BCUT2D eigenvalue weighted by atomic mass is 15.1. The molecule has 0 radical (unpaired) electrons. The number of piperidine rings is 1. The molecule has 4 heteroatoms. The first-order chi connectivity index (χ1) is 13.7. The van der Waals surface area contributed by atoms with Crippen LogP contribution < -0.4 is 5.32 Å². The third kappa shape index (κ3) is 4.76. The van der Waals surface area contributed by atoms with Crippen molar-refractivity contribution >= 4 is 11.5 Å². The number of hydrogen-bond acceptors (Lipinski definition) is 4. The highest BCUT2D eigenvalue weighted by Gasteiger charge is 2.15. The molecule has 1 fully saturated rings. The first kappa shape index (κ1) is 18.6. The minimum atomic E-state index is 0.764. The van der Waals surface area contributed by atoms with Crippen molar-refractivity contribution in [3.63, 3.8) is 0 Å². The van der Waals surface area contributed by atoms with E-state index >= 15 is 0 Å². The SMILES string of the molecule is Cc1nc(Nc2ccc(CN3CCC(C)CC3)cc2)cc(-c2ccccc2)n1. The van der Waals surface area contributed by atoms with Gasteiger partial charge in [0.15, 0.2) is 0 Å². The van der Waals surface area contributed by atoms with E-state index in [1.807, 2.05) is 31.2 Å². The summed E-state index contributed by atoms with van der Waals surface area (Å²) in [4.78, 5) is 11.7.